The number of nitrogens with zero attached hydrogens (tertiary/aromatic N) is 4. The number of hydrogen-bond acceptors (Lipinski definition) is 3. The molecule has 1 fully saturated rings. The normalized spacial score (nSPS) is 20.4. The minimum absolute atomic E-state index is 0.235. The van der Waals surface area contributed by atoms with Crippen LogP contribution in [-0.4, -0.2) is 25.0 Å². The highest BCUT2D eigenvalue weighted by molar-refractivity contribution is 5.98. The number of benzene rings is 1. The maximum Gasteiger partial charge on any atom is 0.155 e. The number of aromatic amines is 1. The van der Waals surface area contributed by atoms with Gasteiger partial charge in [0, 0.05) is 33.5 Å². The topological polar surface area (TPSA) is 59.4 Å². The Morgan fingerprint density at radius 3 is 2.92 bits per heavy atom. The summed E-state index contributed by atoms with van der Waals surface area (Å²) in [4.78, 5) is 4.54. The summed E-state index contributed by atoms with van der Waals surface area (Å²) in [6.45, 7) is 1.99. The minimum Gasteiger partial charge on any atom is -0.265 e. The number of hydrogen-bond donors (Lipinski definition) is 1. The third-order valence-electron chi connectivity index (χ3n) is 5.60. The van der Waals surface area contributed by atoms with Crippen LogP contribution in [0.5, 0.6) is 0 Å². The molecule has 0 unspecified atom stereocenters. The lowest BCUT2D eigenvalue weighted by Crippen LogP contribution is -1.96. The summed E-state index contributed by atoms with van der Waals surface area (Å²) < 4.78 is 15.6. The van der Waals surface area contributed by atoms with E-state index in [1.807, 2.05) is 25.3 Å². The molecule has 5 nitrogen and oxygen atoms in total. The molecule has 4 heterocycles. The van der Waals surface area contributed by atoms with Crippen molar-refractivity contribution >= 4 is 11.0 Å². The van der Waals surface area contributed by atoms with Crippen molar-refractivity contribution in [3.05, 3.63) is 53.7 Å². The number of aromatic nitrogens is 5. The van der Waals surface area contributed by atoms with E-state index in [9.17, 15) is 4.39 Å². The molecule has 2 atom stereocenters. The van der Waals surface area contributed by atoms with Gasteiger partial charge in [0.05, 0.1) is 12.2 Å². The van der Waals surface area contributed by atoms with Crippen molar-refractivity contribution in [2.24, 2.45) is 5.92 Å². The fourth-order valence-corrected chi connectivity index (χ4v) is 4.29. The second-order valence-corrected chi connectivity index (χ2v) is 7.33. The van der Waals surface area contributed by atoms with E-state index in [0.717, 1.165) is 51.5 Å². The Hall–Kier alpha value is -3.02. The van der Waals surface area contributed by atoms with Gasteiger partial charge in [-0.15, -0.1) is 0 Å². The zero-order valence-electron chi connectivity index (χ0n) is 14.2. The Morgan fingerprint density at radius 1 is 1.23 bits per heavy atom. The monoisotopic (exact) mass is 345 g/mol. The van der Waals surface area contributed by atoms with E-state index in [0.29, 0.717) is 6.04 Å². The van der Waals surface area contributed by atoms with Gasteiger partial charge in [-0.25, -0.2) is 9.37 Å². The van der Waals surface area contributed by atoms with Crippen molar-refractivity contribution in [3.8, 4) is 22.4 Å². The third kappa shape index (κ3) is 1.87. The number of pyridine rings is 1. The van der Waals surface area contributed by atoms with Crippen LogP contribution in [0.4, 0.5) is 4.39 Å². The minimum atomic E-state index is -0.235. The van der Waals surface area contributed by atoms with Crippen LogP contribution in [0.15, 0.2) is 36.5 Å². The molecule has 26 heavy (non-hydrogen) atoms. The molecule has 1 N–H and O–H groups in total. The summed E-state index contributed by atoms with van der Waals surface area (Å²) in [6, 6.07) is 9.24. The molecule has 6 heteroatoms. The SMILES string of the molecule is Cc1cc(-c2c(-c3ccc(F)cc3)nn3c2C[C@H]2C[C@H]23)c2cn[nH]c2n1. The fraction of sp³-hybridized carbons (Fsp3) is 0.250. The number of H-pyrrole nitrogens is 1. The van der Waals surface area contributed by atoms with Crippen molar-refractivity contribution in [3.63, 3.8) is 0 Å². The Morgan fingerprint density at radius 2 is 2.08 bits per heavy atom. The zero-order chi connectivity index (χ0) is 17.4. The van der Waals surface area contributed by atoms with Gasteiger partial charge in [-0.1, -0.05) is 0 Å². The number of rotatable bonds is 2. The number of nitrogens with one attached hydrogen (secondary N) is 1. The summed E-state index contributed by atoms with van der Waals surface area (Å²) in [5.74, 6) is 0.489. The Kier molecular flexibility index (Phi) is 2.61. The molecule has 0 amide bonds. The summed E-state index contributed by atoms with van der Waals surface area (Å²) in [7, 11) is 0. The lowest BCUT2D eigenvalue weighted by molar-refractivity contribution is 0.627. The lowest BCUT2D eigenvalue weighted by atomic mass is 9.95. The van der Waals surface area contributed by atoms with Gasteiger partial charge in [0.1, 0.15) is 11.5 Å². The van der Waals surface area contributed by atoms with Crippen LogP contribution in [0.1, 0.15) is 23.9 Å². The molecule has 0 saturated heterocycles. The maximum atomic E-state index is 13.4. The van der Waals surface area contributed by atoms with Crippen LogP contribution in [0.25, 0.3) is 33.4 Å². The Balaban J connectivity index is 1.67. The second kappa shape index (κ2) is 4.78. The average molecular weight is 345 g/mol. The van der Waals surface area contributed by atoms with Gasteiger partial charge in [0.15, 0.2) is 5.65 Å². The highest BCUT2D eigenvalue weighted by Gasteiger charge is 2.48. The van der Waals surface area contributed by atoms with Gasteiger partial charge in [0.2, 0.25) is 0 Å². The van der Waals surface area contributed by atoms with E-state index < -0.39 is 0 Å². The standard InChI is InChI=1S/C20H16FN5/c1-10-6-14(15-9-22-24-20(15)23-10)18-17-8-12-7-16(12)26(17)25-19(18)11-2-4-13(21)5-3-11/h2-6,9,12,16H,7-8H2,1H3,(H,22,23,24)/t12-,16-/m1/s1. The smallest absolute Gasteiger partial charge is 0.155 e. The van der Waals surface area contributed by atoms with Crippen LogP contribution in [0.3, 0.4) is 0 Å². The summed E-state index contributed by atoms with van der Waals surface area (Å²) in [5.41, 5.74) is 7.09. The fourth-order valence-electron chi connectivity index (χ4n) is 4.29. The maximum absolute atomic E-state index is 13.4. The summed E-state index contributed by atoms with van der Waals surface area (Å²) >= 11 is 0. The third-order valence-corrected chi connectivity index (χ3v) is 5.60. The molecular weight excluding hydrogens is 329 g/mol. The van der Waals surface area contributed by atoms with Gasteiger partial charge in [-0.05, 0) is 56.0 Å². The Labute approximate surface area is 148 Å². The van der Waals surface area contributed by atoms with E-state index in [4.69, 9.17) is 5.10 Å². The molecule has 0 radical (unpaired) electrons. The van der Waals surface area contributed by atoms with Crippen molar-refractivity contribution in [2.75, 3.05) is 0 Å². The Bertz CT molecular complexity index is 1170. The van der Waals surface area contributed by atoms with E-state index in [-0.39, 0.29) is 5.82 Å². The largest absolute Gasteiger partial charge is 0.265 e. The van der Waals surface area contributed by atoms with Crippen molar-refractivity contribution in [1.29, 1.82) is 0 Å². The molecule has 1 aliphatic carbocycles. The van der Waals surface area contributed by atoms with E-state index >= 15 is 0 Å². The molecule has 0 spiro atoms. The van der Waals surface area contributed by atoms with Crippen molar-refractivity contribution in [2.45, 2.75) is 25.8 Å². The lowest BCUT2D eigenvalue weighted by Gasteiger charge is -2.08. The molecule has 128 valence electrons. The first-order valence-electron chi connectivity index (χ1n) is 8.87. The van der Waals surface area contributed by atoms with Gasteiger partial charge >= 0.3 is 0 Å². The van der Waals surface area contributed by atoms with Gasteiger partial charge in [0.25, 0.3) is 0 Å². The first kappa shape index (κ1) is 14.2. The number of aryl methyl sites for hydroxylation is 1. The summed E-state index contributed by atoms with van der Waals surface area (Å²) in [6.07, 6.45) is 4.09. The molecule has 1 aromatic carbocycles. The van der Waals surface area contributed by atoms with Crippen LogP contribution in [0, 0.1) is 18.7 Å². The molecule has 1 aliphatic heterocycles. The highest BCUT2D eigenvalue weighted by Crippen LogP contribution is 2.55. The zero-order valence-corrected chi connectivity index (χ0v) is 14.2. The molecular formula is C20H16FN5. The number of fused-ring (bicyclic) bond motifs is 4. The van der Waals surface area contributed by atoms with Crippen molar-refractivity contribution in [1.82, 2.24) is 25.0 Å². The van der Waals surface area contributed by atoms with Gasteiger partial charge in [-0.3, -0.25) is 9.78 Å². The predicted octanol–water partition coefficient (Wildman–Crippen LogP) is 4.05. The second-order valence-electron chi connectivity index (χ2n) is 7.33. The molecule has 4 aromatic rings. The van der Waals surface area contributed by atoms with Crippen LogP contribution >= 0.6 is 0 Å². The van der Waals surface area contributed by atoms with Crippen LogP contribution < -0.4 is 0 Å². The quantitative estimate of drug-likeness (QED) is 0.596. The number of halogens is 1. The van der Waals surface area contributed by atoms with Gasteiger partial charge in [-0.2, -0.15) is 10.2 Å². The van der Waals surface area contributed by atoms with E-state index in [2.05, 4.69) is 25.9 Å². The van der Waals surface area contributed by atoms with Crippen LogP contribution in [-0.2, 0) is 6.42 Å². The first-order valence-corrected chi connectivity index (χ1v) is 8.87. The average Bonchev–Trinajstić information content (AvgIpc) is 2.96. The van der Waals surface area contributed by atoms with Gasteiger partial charge < -0.3 is 0 Å². The molecule has 2 aliphatic rings. The molecule has 3 aromatic heterocycles. The summed E-state index contributed by atoms with van der Waals surface area (Å²) in [5, 5.41) is 13.1. The first-order chi connectivity index (χ1) is 12.7. The van der Waals surface area contributed by atoms with Crippen molar-refractivity contribution < 1.29 is 4.39 Å². The van der Waals surface area contributed by atoms with E-state index in [1.165, 1.54) is 24.2 Å². The molecule has 6 rings (SSSR count). The predicted molar refractivity (Wildman–Crippen MR) is 96.1 cm³/mol. The molecule has 1 saturated carbocycles. The van der Waals surface area contributed by atoms with E-state index in [1.54, 1.807) is 0 Å². The van der Waals surface area contributed by atoms with Crippen LogP contribution in [0.2, 0.25) is 0 Å². The highest BCUT2D eigenvalue weighted by atomic mass is 19.1. The molecule has 0 bridgehead atoms.